The molecule has 5 aliphatic rings. The van der Waals surface area contributed by atoms with Gasteiger partial charge in [0.15, 0.2) is 17.6 Å². The summed E-state index contributed by atoms with van der Waals surface area (Å²) in [6, 6.07) is 14.6. The highest BCUT2D eigenvalue weighted by molar-refractivity contribution is 5.65. The number of rotatable bonds is 2. The minimum atomic E-state index is -0.909. The van der Waals surface area contributed by atoms with Gasteiger partial charge in [0.05, 0.1) is 16.7 Å². The molecule has 5 nitrogen and oxygen atoms in total. The number of piperidine rings is 1. The zero-order chi connectivity index (χ0) is 23.5. The van der Waals surface area contributed by atoms with Crippen molar-refractivity contribution in [1.82, 2.24) is 9.47 Å². The lowest BCUT2D eigenvalue weighted by Gasteiger charge is -2.62. The van der Waals surface area contributed by atoms with Gasteiger partial charge in [-0.25, -0.2) is 0 Å². The number of phenols is 1. The molecule has 1 spiro atoms. The van der Waals surface area contributed by atoms with Crippen LogP contribution in [-0.4, -0.2) is 44.9 Å². The number of benzene rings is 2. The molecule has 4 atom stereocenters. The predicted molar refractivity (Wildman–Crippen MR) is 133 cm³/mol. The van der Waals surface area contributed by atoms with E-state index in [1.54, 1.807) is 6.07 Å². The summed E-state index contributed by atoms with van der Waals surface area (Å²) in [4.78, 5) is 2.37. The molecule has 3 aliphatic carbocycles. The molecule has 1 aromatic heterocycles. The van der Waals surface area contributed by atoms with E-state index in [4.69, 9.17) is 4.74 Å². The summed E-state index contributed by atoms with van der Waals surface area (Å²) in [7, 11) is 2.16. The van der Waals surface area contributed by atoms with Gasteiger partial charge in [0.25, 0.3) is 0 Å². The molecule has 35 heavy (non-hydrogen) atoms. The van der Waals surface area contributed by atoms with Gasteiger partial charge < -0.3 is 24.4 Å². The van der Waals surface area contributed by atoms with Crippen LogP contribution in [0.2, 0.25) is 0 Å². The van der Waals surface area contributed by atoms with E-state index in [9.17, 15) is 10.2 Å². The van der Waals surface area contributed by atoms with Crippen molar-refractivity contribution in [3.05, 3.63) is 81.7 Å². The highest BCUT2D eigenvalue weighted by Gasteiger charge is 2.72. The summed E-state index contributed by atoms with van der Waals surface area (Å²) in [5.41, 5.74) is 7.67. The maximum atomic E-state index is 12.8. The summed E-state index contributed by atoms with van der Waals surface area (Å²) >= 11 is 0. The molecule has 0 unspecified atom stereocenters. The number of likely N-dealkylation sites (N-methyl/N-ethyl adjacent to an activating group) is 1. The highest BCUT2D eigenvalue weighted by Crippen LogP contribution is 2.69. The van der Waals surface area contributed by atoms with Crippen LogP contribution < -0.4 is 4.74 Å². The fourth-order valence-corrected chi connectivity index (χ4v) is 8.61. The van der Waals surface area contributed by atoms with Crippen LogP contribution in [0, 0.1) is 0 Å². The van der Waals surface area contributed by atoms with Gasteiger partial charge in [0, 0.05) is 30.3 Å². The van der Waals surface area contributed by atoms with Gasteiger partial charge in [-0.1, -0.05) is 36.4 Å². The third kappa shape index (κ3) is 2.32. The number of likely N-dealkylation sites (tertiary alicyclic amines) is 1. The number of nitrogens with zero attached hydrogens (tertiary/aromatic N) is 2. The minimum Gasteiger partial charge on any atom is -0.504 e. The van der Waals surface area contributed by atoms with Crippen LogP contribution in [0.4, 0.5) is 0 Å². The van der Waals surface area contributed by atoms with E-state index in [0.717, 1.165) is 44.3 Å². The largest absolute Gasteiger partial charge is 0.504 e. The molecule has 1 saturated heterocycles. The number of aromatic nitrogens is 1. The number of hydrogen-bond acceptors (Lipinski definition) is 4. The van der Waals surface area contributed by atoms with Gasteiger partial charge in [0.2, 0.25) is 0 Å². The van der Waals surface area contributed by atoms with Crippen molar-refractivity contribution in [2.75, 3.05) is 13.6 Å². The summed E-state index contributed by atoms with van der Waals surface area (Å²) < 4.78 is 9.39. The lowest BCUT2D eigenvalue weighted by molar-refractivity contribution is -0.168. The number of phenolic OH excluding ortho intramolecular Hbond substituents is 1. The normalized spacial score (nSPS) is 31.9. The molecule has 0 amide bonds. The summed E-state index contributed by atoms with van der Waals surface area (Å²) in [5.74, 6) is 0.826. The lowest BCUT2D eigenvalue weighted by Crippen LogP contribution is -2.74. The van der Waals surface area contributed by atoms with Crippen LogP contribution in [0.1, 0.15) is 64.6 Å². The van der Waals surface area contributed by atoms with Gasteiger partial charge in [0.1, 0.15) is 0 Å². The molecule has 0 radical (unpaired) electrons. The number of ether oxygens (including phenoxy) is 1. The lowest BCUT2D eigenvalue weighted by atomic mass is 9.49. The second-order valence-electron chi connectivity index (χ2n) is 11.5. The van der Waals surface area contributed by atoms with E-state index in [-0.39, 0.29) is 17.9 Å². The Labute approximate surface area is 206 Å². The molecule has 2 aromatic carbocycles. The standard InChI is InChI=1S/C30H32N2O3/c1-31-14-13-29-25-19-11-12-23(33)27(25)35-28(29)26-21(16-30(29,34)24(31)15-19)20-9-5-6-10-22(20)32(26)17-18-7-3-2-4-8-18/h2-4,7-8,11-12,24,28,33-34H,5-6,9-10,13-17H2,1H3/t24-,28-,29-,30+/m0/s1. The molecule has 2 N–H and O–H groups in total. The second-order valence-corrected chi connectivity index (χ2v) is 11.5. The Morgan fingerprint density at radius 1 is 1.06 bits per heavy atom. The minimum absolute atomic E-state index is 0.0511. The summed E-state index contributed by atoms with van der Waals surface area (Å²) in [6.45, 7) is 1.75. The molecule has 2 bridgehead atoms. The van der Waals surface area contributed by atoms with E-state index in [2.05, 4.69) is 52.9 Å². The zero-order valence-electron chi connectivity index (χ0n) is 20.3. The molecule has 2 aliphatic heterocycles. The maximum absolute atomic E-state index is 12.8. The molecule has 0 saturated carbocycles. The fraction of sp³-hybridized carbons (Fsp3) is 0.467. The first-order chi connectivity index (χ1) is 17.0. The first kappa shape index (κ1) is 20.4. The Kier molecular flexibility index (Phi) is 3.92. The Morgan fingerprint density at radius 2 is 1.89 bits per heavy atom. The van der Waals surface area contributed by atoms with Crippen molar-refractivity contribution in [3.8, 4) is 11.5 Å². The van der Waals surface area contributed by atoms with Gasteiger partial charge in [-0.3, -0.25) is 0 Å². The summed E-state index contributed by atoms with van der Waals surface area (Å²) in [5, 5.41) is 23.7. The van der Waals surface area contributed by atoms with Crippen molar-refractivity contribution in [3.63, 3.8) is 0 Å². The average Bonchev–Trinajstić information content (AvgIpc) is 3.37. The van der Waals surface area contributed by atoms with Crippen molar-refractivity contribution in [2.24, 2.45) is 0 Å². The SMILES string of the molecule is CN1CC[C@]23c4c5ccc(O)c4O[C@H]2c2c(c4c(n2Cc2ccccc2)CCCC4)C[C@@]3(O)[C@@H]1C5. The first-order valence-corrected chi connectivity index (χ1v) is 13.2. The highest BCUT2D eigenvalue weighted by atomic mass is 16.5. The monoisotopic (exact) mass is 468 g/mol. The Hall–Kier alpha value is -2.76. The molecular formula is C30H32N2O3. The van der Waals surface area contributed by atoms with E-state index < -0.39 is 11.0 Å². The van der Waals surface area contributed by atoms with Crippen LogP contribution in [0.5, 0.6) is 11.5 Å². The number of aromatic hydroxyl groups is 1. The van der Waals surface area contributed by atoms with Gasteiger partial charge in [-0.15, -0.1) is 0 Å². The molecule has 3 aromatic rings. The fourth-order valence-electron chi connectivity index (χ4n) is 8.61. The van der Waals surface area contributed by atoms with E-state index in [1.165, 1.54) is 46.5 Å². The van der Waals surface area contributed by atoms with E-state index in [0.29, 0.717) is 12.2 Å². The molecule has 180 valence electrons. The molecule has 3 heterocycles. The Balaban J connectivity index is 1.43. The van der Waals surface area contributed by atoms with Crippen molar-refractivity contribution in [1.29, 1.82) is 0 Å². The van der Waals surface area contributed by atoms with Crippen molar-refractivity contribution < 1.29 is 14.9 Å². The number of fused-ring (bicyclic) bond motifs is 4. The number of aliphatic hydroxyl groups is 1. The topological polar surface area (TPSA) is 57.9 Å². The Bertz CT molecular complexity index is 1380. The van der Waals surface area contributed by atoms with Crippen LogP contribution in [0.25, 0.3) is 0 Å². The summed E-state index contributed by atoms with van der Waals surface area (Å²) in [6.07, 6.45) is 6.63. The van der Waals surface area contributed by atoms with Crippen molar-refractivity contribution >= 4 is 0 Å². The van der Waals surface area contributed by atoms with Crippen molar-refractivity contribution in [2.45, 2.75) is 74.7 Å². The zero-order valence-corrected chi connectivity index (χ0v) is 20.3. The molecule has 8 rings (SSSR count). The Morgan fingerprint density at radius 3 is 2.74 bits per heavy atom. The maximum Gasteiger partial charge on any atom is 0.166 e. The third-order valence-electron chi connectivity index (χ3n) is 10.1. The van der Waals surface area contributed by atoms with Crippen LogP contribution in [0.15, 0.2) is 42.5 Å². The number of hydrogen-bond donors (Lipinski definition) is 2. The smallest absolute Gasteiger partial charge is 0.166 e. The van der Waals surface area contributed by atoms with E-state index >= 15 is 0 Å². The average molecular weight is 469 g/mol. The van der Waals surface area contributed by atoms with Crippen LogP contribution in [0.3, 0.4) is 0 Å². The molecule has 1 fully saturated rings. The first-order valence-electron chi connectivity index (χ1n) is 13.2. The van der Waals surface area contributed by atoms with Crippen LogP contribution in [-0.2, 0) is 37.6 Å². The second kappa shape index (κ2) is 6.71. The van der Waals surface area contributed by atoms with E-state index in [1.807, 2.05) is 0 Å². The quantitative estimate of drug-likeness (QED) is 0.596. The predicted octanol–water partition coefficient (Wildman–Crippen LogP) is 4.04. The molecular weight excluding hydrogens is 436 g/mol. The van der Waals surface area contributed by atoms with Gasteiger partial charge in [-0.2, -0.15) is 0 Å². The van der Waals surface area contributed by atoms with Crippen LogP contribution >= 0.6 is 0 Å². The molecule has 5 heteroatoms. The third-order valence-corrected chi connectivity index (χ3v) is 10.1. The van der Waals surface area contributed by atoms with Gasteiger partial charge >= 0.3 is 0 Å². The van der Waals surface area contributed by atoms with Gasteiger partial charge in [-0.05, 0) is 80.4 Å².